The molecular formula is C20H18N2. The molecule has 3 aromatic carbocycles. The Labute approximate surface area is 130 Å². The number of nitrogens with two attached hydrogens (primary N) is 1. The standard InChI is InChI=1S/C20H18N2/c1-22-18-8-4-2-6-16(18)20(14-10-12-15(21)13-11-14)17-7-3-5-9-19(17)22/h2-13,20H,21H2,1H3. The fourth-order valence-corrected chi connectivity index (χ4v) is 3.42. The molecule has 0 unspecified atom stereocenters. The molecule has 0 radical (unpaired) electrons. The van der Waals surface area contributed by atoms with Crippen molar-refractivity contribution in [2.75, 3.05) is 17.7 Å². The van der Waals surface area contributed by atoms with E-state index in [0.29, 0.717) is 0 Å². The summed E-state index contributed by atoms with van der Waals surface area (Å²) in [6.45, 7) is 0. The Hall–Kier alpha value is -2.74. The van der Waals surface area contributed by atoms with Gasteiger partial charge in [0, 0.05) is 30.0 Å². The molecule has 0 saturated heterocycles. The van der Waals surface area contributed by atoms with Gasteiger partial charge in [-0.2, -0.15) is 0 Å². The van der Waals surface area contributed by atoms with Crippen molar-refractivity contribution in [3.05, 3.63) is 89.5 Å². The van der Waals surface area contributed by atoms with E-state index >= 15 is 0 Å². The molecule has 0 aliphatic carbocycles. The zero-order valence-corrected chi connectivity index (χ0v) is 12.5. The van der Waals surface area contributed by atoms with Gasteiger partial charge in [0.25, 0.3) is 0 Å². The van der Waals surface area contributed by atoms with E-state index in [1.165, 1.54) is 28.1 Å². The Kier molecular flexibility index (Phi) is 2.90. The second kappa shape index (κ2) is 4.92. The summed E-state index contributed by atoms with van der Waals surface area (Å²) in [5, 5.41) is 0. The molecule has 0 aromatic heterocycles. The van der Waals surface area contributed by atoms with Crippen molar-refractivity contribution in [3.8, 4) is 0 Å². The molecule has 0 amide bonds. The number of nitrogens with zero attached hydrogens (tertiary/aromatic N) is 1. The Morgan fingerprint density at radius 3 is 1.77 bits per heavy atom. The maximum Gasteiger partial charge on any atom is 0.0450 e. The predicted molar refractivity (Wildman–Crippen MR) is 92.7 cm³/mol. The number of para-hydroxylation sites is 2. The van der Waals surface area contributed by atoms with E-state index in [2.05, 4.69) is 72.6 Å². The van der Waals surface area contributed by atoms with Gasteiger partial charge in [0.05, 0.1) is 0 Å². The topological polar surface area (TPSA) is 29.3 Å². The number of nitrogen functional groups attached to an aromatic ring is 1. The molecular weight excluding hydrogens is 268 g/mol. The lowest BCUT2D eigenvalue weighted by Crippen LogP contribution is -2.22. The monoisotopic (exact) mass is 286 g/mol. The SMILES string of the molecule is CN1c2ccccc2C(c2ccc(N)cc2)c2ccccc21. The first kappa shape index (κ1) is 13.0. The molecule has 3 aromatic rings. The summed E-state index contributed by atoms with van der Waals surface area (Å²) in [6.07, 6.45) is 0. The predicted octanol–water partition coefficient (Wildman–Crippen LogP) is 4.53. The number of anilines is 3. The molecule has 1 heterocycles. The molecule has 0 bridgehead atoms. The Balaban J connectivity index is 1.98. The minimum absolute atomic E-state index is 0.254. The van der Waals surface area contributed by atoms with Crippen LogP contribution in [0.15, 0.2) is 72.8 Å². The van der Waals surface area contributed by atoms with E-state index in [4.69, 9.17) is 5.73 Å². The Morgan fingerprint density at radius 1 is 0.727 bits per heavy atom. The van der Waals surface area contributed by atoms with E-state index in [-0.39, 0.29) is 5.92 Å². The molecule has 0 spiro atoms. The summed E-state index contributed by atoms with van der Waals surface area (Å²) in [4.78, 5) is 2.28. The molecule has 1 aliphatic rings. The van der Waals surface area contributed by atoms with Crippen LogP contribution in [-0.4, -0.2) is 7.05 Å². The van der Waals surface area contributed by atoms with Gasteiger partial charge in [0.1, 0.15) is 0 Å². The van der Waals surface area contributed by atoms with Crippen LogP contribution < -0.4 is 10.6 Å². The molecule has 1 aliphatic heterocycles. The summed E-state index contributed by atoms with van der Waals surface area (Å²) < 4.78 is 0. The Morgan fingerprint density at radius 2 is 1.23 bits per heavy atom. The molecule has 22 heavy (non-hydrogen) atoms. The van der Waals surface area contributed by atoms with E-state index in [1.807, 2.05) is 12.1 Å². The third kappa shape index (κ3) is 1.88. The van der Waals surface area contributed by atoms with Crippen molar-refractivity contribution in [1.82, 2.24) is 0 Å². The number of hydrogen-bond donors (Lipinski definition) is 1. The fourth-order valence-electron chi connectivity index (χ4n) is 3.42. The van der Waals surface area contributed by atoms with E-state index in [1.54, 1.807) is 0 Å². The van der Waals surface area contributed by atoms with Gasteiger partial charge in [0.2, 0.25) is 0 Å². The van der Waals surface area contributed by atoms with E-state index in [0.717, 1.165) is 5.69 Å². The number of benzene rings is 3. The fraction of sp³-hybridized carbons (Fsp3) is 0.100. The summed E-state index contributed by atoms with van der Waals surface area (Å²) in [5.41, 5.74) is 13.2. The van der Waals surface area contributed by atoms with Crippen LogP contribution in [0.4, 0.5) is 17.1 Å². The van der Waals surface area contributed by atoms with Crippen molar-refractivity contribution in [1.29, 1.82) is 0 Å². The zero-order chi connectivity index (χ0) is 15.1. The van der Waals surface area contributed by atoms with Crippen LogP contribution in [0.3, 0.4) is 0 Å². The van der Waals surface area contributed by atoms with Crippen LogP contribution in [0.25, 0.3) is 0 Å². The molecule has 2 N–H and O–H groups in total. The average Bonchev–Trinajstić information content (AvgIpc) is 2.57. The maximum atomic E-state index is 5.86. The van der Waals surface area contributed by atoms with Gasteiger partial charge >= 0.3 is 0 Å². The second-order valence-electron chi connectivity index (χ2n) is 5.78. The number of fused-ring (bicyclic) bond motifs is 2. The molecule has 0 fully saturated rings. The molecule has 2 nitrogen and oxygen atoms in total. The van der Waals surface area contributed by atoms with Crippen molar-refractivity contribution in [2.24, 2.45) is 0 Å². The molecule has 108 valence electrons. The highest BCUT2D eigenvalue weighted by Gasteiger charge is 2.29. The van der Waals surface area contributed by atoms with Gasteiger partial charge in [-0.15, -0.1) is 0 Å². The van der Waals surface area contributed by atoms with E-state index < -0.39 is 0 Å². The van der Waals surface area contributed by atoms with Crippen molar-refractivity contribution in [2.45, 2.75) is 5.92 Å². The van der Waals surface area contributed by atoms with Gasteiger partial charge in [0.15, 0.2) is 0 Å². The second-order valence-corrected chi connectivity index (χ2v) is 5.78. The minimum atomic E-state index is 0.254. The number of rotatable bonds is 1. The Bertz CT molecular complexity index is 774. The van der Waals surface area contributed by atoms with Crippen LogP contribution in [0, 0.1) is 0 Å². The maximum absolute atomic E-state index is 5.86. The number of hydrogen-bond acceptors (Lipinski definition) is 2. The normalized spacial score (nSPS) is 13.6. The quantitative estimate of drug-likeness (QED) is 0.666. The lowest BCUT2D eigenvalue weighted by atomic mass is 9.80. The summed E-state index contributed by atoms with van der Waals surface area (Å²) in [6, 6.07) is 25.5. The van der Waals surface area contributed by atoms with Gasteiger partial charge in [-0.05, 0) is 41.0 Å². The first-order valence-corrected chi connectivity index (χ1v) is 7.53. The molecule has 4 rings (SSSR count). The van der Waals surface area contributed by atoms with Crippen LogP contribution in [0.5, 0.6) is 0 Å². The van der Waals surface area contributed by atoms with Crippen molar-refractivity contribution >= 4 is 17.1 Å². The van der Waals surface area contributed by atoms with Crippen LogP contribution >= 0.6 is 0 Å². The van der Waals surface area contributed by atoms with Gasteiger partial charge in [-0.25, -0.2) is 0 Å². The first-order chi connectivity index (χ1) is 10.8. The largest absolute Gasteiger partial charge is 0.399 e. The average molecular weight is 286 g/mol. The smallest absolute Gasteiger partial charge is 0.0450 e. The first-order valence-electron chi connectivity index (χ1n) is 7.53. The van der Waals surface area contributed by atoms with Gasteiger partial charge < -0.3 is 10.6 Å². The minimum Gasteiger partial charge on any atom is -0.399 e. The molecule has 0 saturated carbocycles. The highest BCUT2D eigenvalue weighted by atomic mass is 15.1. The van der Waals surface area contributed by atoms with Crippen molar-refractivity contribution in [3.63, 3.8) is 0 Å². The van der Waals surface area contributed by atoms with Crippen LogP contribution in [0.2, 0.25) is 0 Å². The third-order valence-electron chi connectivity index (χ3n) is 4.49. The zero-order valence-electron chi connectivity index (χ0n) is 12.5. The molecule has 0 atom stereocenters. The lowest BCUT2D eigenvalue weighted by Gasteiger charge is -2.35. The van der Waals surface area contributed by atoms with Gasteiger partial charge in [-0.3, -0.25) is 0 Å². The summed E-state index contributed by atoms with van der Waals surface area (Å²) in [5.74, 6) is 0.254. The lowest BCUT2D eigenvalue weighted by molar-refractivity contribution is 0.926. The van der Waals surface area contributed by atoms with E-state index in [9.17, 15) is 0 Å². The van der Waals surface area contributed by atoms with Crippen molar-refractivity contribution < 1.29 is 0 Å². The van der Waals surface area contributed by atoms with Crippen LogP contribution in [0.1, 0.15) is 22.6 Å². The van der Waals surface area contributed by atoms with Gasteiger partial charge in [-0.1, -0.05) is 48.5 Å². The van der Waals surface area contributed by atoms with Crippen LogP contribution in [-0.2, 0) is 0 Å². The third-order valence-corrected chi connectivity index (χ3v) is 4.49. The molecule has 2 heteroatoms. The highest BCUT2D eigenvalue weighted by Crippen LogP contribution is 2.47. The highest BCUT2D eigenvalue weighted by molar-refractivity contribution is 5.77. The summed E-state index contributed by atoms with van der Waals surface area (Å²) in [7, 11) is 2.14. The summed E-state index contributed by atoms with van der Waals surface area (Å²) >= 11 is 0.